The summed E-state index contributed by atoms with van der Waals surface area (Å²) < 4.78 is 6.45. The van der Waals surface area contributed by atoms with Crippen LogP contribution in [0.2, 0.25) is 0 Å². The molecule has 0 aliphatic carbocycles. The van der Waals surface area contributed by atoms with Crippen LogP contribution in [0.15, 0.2) is 73.1 Å². The Balaban J connectivity index is 1.63. The first-order valence-corrected chi connectivity index (χ1v) is 9.71. The molecule has 32 heavy (non-hydrogen) atoms. The highest BCUT2D eigenvalue weighted by molar-refractivity contribution is 6.05. The van der Waals surface area contributed by atoms with Crippen molar-refractivity contribution in [3.05, 3.63) is 84.2 Å². The molecule has 0 aliphatic heterocycles. The van der Waals surface area contributed by atoms with Gasteiger partial charge in [0.1, 0.15) is 5.65 Å². The summed E-state index contributed by atoms with van der Waals surface area (Å²) in [6, 6.07) is 19.6. The second kappa shape index (κ2) is 8.62. The third kappa shape index (κ3) is 4.00. The number of fused-ring (bicyclic) bond motifs is 1. The van der Waals surface area contributed by atoms with Crippen LogP contribution in [0, 0.1) is 11.3 Å². The molecule has 0 unspecified atom stereocenters. The Bertz CT molecular complexity index is 1340. The number of carbonyl (C=O) groups is 2. The van der Waals surface area contributed by atoms with Gasteiger partial charge >= 0.3 is 6.09 Å². The van der Waals surface area contributed by atoms with E-state index in [-0.39, 0.29) is 5.91 Å². The number of hydrogen-bond donors (Lipinski definition) is 1. The average molecular weight is 425 g/mol. The number of nitrogens with zero attached hydrogens (tertiary/aromatic N) is 4. The van der Waals surface area contributed by atoms with Crippen LogP contribution in [0.1, 0.15) is 15.9 Å². The molecular weight excluding hydrogens is 406 g/mol. The lowest BCUT2D eigenvalue weighted by Gasteiger charge is -2.17. The summed E-state index contributed by atoms with van der Waals surface area (Å²) in [5.41, 5.74) is 4.70. The van der Waals surface area contributed by atoms with E-state index in [9.17, 15) is 9.59 Å². The molecule has 0 fully saturated rings. The minimum Gasteiger partial charge on any atom is -0.453 e. The molecule has 8 nitrogen and oxygen atoms in total. The maximum atomic E-state index is 13.1. The first-order chi connectivity index (χ1) is 15.5. The Kier molecular flexibility index (Phi) is 5.55. The van der Waals surface area contributed by atoms with E-state index in [2.05, 4.69) is 21.1 Å². The van der Waals surface area contributed by atoms with Crippen LogP contribution in [-0.4, -0.2) is 35.5 Å². The van der Waals surface area contributed by atoms with E-state index in [0.717, 1.165) is 11.3 Å². The fourth-order valence-electron chi connectivity index (χ4n) is 3.28. The molecule has 0 spiro atoms. The van der Waals surface area contributed by atoms with Crippen LogP contribution in [-0.2, 0) is 4.74 Å². The molecule has 2 heterocycles. The number of aromatic nitrogens is 2. The molecule has 8 heteroatoms. The summed E-state index contributed by atoms with van der Waals surface area (Å²) >= 11 is 0. The van der Waals surface area contributed by atoms with Crippen molar-refractivity contribution in [2.75, 3.05) is 24.4 Å². The Morgan fingerprint density at radius 1 is 1.06 bits per heavy atom. The maximum absolute atomic E-state index is 13.1. The van der Waals surface area contributed by atoms with Gasteiger partial charge in [0.05, 0.1) is 36.2 Å². The minimum absolute atomic E-state index is 0.186. The van der Waals surface area contributed by atoms with E-state index in [1.165, 1.54) is 12.0 Å². The zero-order chi connectivity index (χ0) is 22.7. The van der Waals surface area contributed by atoms with Gasteiger partial charge in [0.2, 0.25) is 0 Å². The van der Waals surface area contributed by atoms with E-state index in [4.69, 9.17) is 5.26 Å². The zero-order valence-corrected chi connectivity index (χ0v) is 17.4. The lowest BCUT2D eigenvalue weighted by molar-refractivity contribution is 0.0992. The number of nitriles is 1. The molecule has 1 N–H and O–H groups in total. The Hall–Kier alpha value is -4.64. The molecule has 158 valence electrons. The number of nitrogens with one attached hydrogen (secondary N) is 1. The number of imidazole rings is 1. The summed E-state index contributed by atoms with van der Waals surface area (Å²) in [5, 5.41) is 11.6. The average Bonchev–Trinajstić information content (AvgIpc) is 3.27. The number of anilines is 2. The van der Waals surface area contributed by atoms with Crippen LogP contribution >= 0.6 is 0 Å². The van der Waals surface area contributed by atoms with Crippen molar-refractivity contribution in [3.8, 4) is 17.3 Å². The van der Waals surface area contributed by atoms with Gasteiger partial charge in [-0.25, -0.2) is 9.78 Å². The van der Waals surface area contributed by atoms with Crippen molar-refractivity contribution in [2.45, 2.75) is 0 Å². The van der Waals surface area contributed by atoms with E-state index < -0.39 is 6.09 Å². The largest absolute Gasteiger partial charge is 0.453 e. The fraction of sp³-hybridized carbons (Fsp3) is 0.0833. The van der Waals surface area contributed by atoms with Gasteiger partial charge < -0.3 is 9.64 Å². The third-order valence-corrected chi connectivity index (χ3v) is 5.05. The maximum Gasteiger partial charge on any atom is 0.411 e. The van der Waals surface area contributed by atoms with Gasteiger partial charge in [0.15, 0.2) is 0 Å². The molecule has 4 aromatic rings. The highest BCUT2D eigenvalue weighted by atomic mass is 16.5. The lowest BCUT2D eigenvalue weighted by atomic mass is 10.1. The van der Waals surface area contributed by atoms with Gasteiger partial charge in [-0.15, -0.1) is 0 Å². The van der Waals surface area contributed by atoms with E-state index in [1.807, 2.05) is 16.5 Å². The van der Waals surface area contributed by atoms with E-state index >= 15 is 0 Å². The van der Waals surface area contributed by atoms with Crippen molar-refractivity contribution in [1.82, 2.24) is 9.38 Å². The van der Waals surface area contributed by atoms with Crippen molar-refractivity contribution in [1.29, 1.82) is 5.26 Å². The van der Waals surface area contributed by atoms with Gasteiger partial charge in [0, 0.05) is 30.2 Å². The Labute approximate surface area is 184 Å². The summed E-state index contributed by atoms with van der Waals surface area (Å²) in [6.07, 6.45) is 2.94. The number of hydrogen-bond acceptors (Lipinski definition) is 5. The van der Waals surface area contributed by atoms with Crippen molar-refractivity contribution >= 4 is 29.0 Å². The number of carbonyl (C=O) groups excluding carboxylic acids is 2. The first kappa shape index (κ1) is 20.6. The van der Waals surface area contributed by atoms with Crippen molar-refractivity contribution < 1.29 is 14.3 Å². The molecule has 0 atom stereocenters. The highest BCUT2D eigenvalue weighted by Crippen LogP contribution is 2.24. The molecule has 0 saturated carbocycles. The second-order valence-electron chi connectivity index (χ2n) is 7.01. The standard InChI is InChI=1S/C24H19N5O3/c1-28(20-10-3-16(13-25)4-11-20)23(30)18-7-12-22-26-14-21(29(22)15-18)17-5-8-19(9-6-17)27-24(31)32-2/h3-12,14-15H,1-2H3,(H,27,31). The zero-order valence-electron chi connectivity index (χ0n) is 17.4. The van der Waals surface area contributed by atoms with Crippen LogP contribution in [0.3, 0.4) is 0 Å². The normalized spacial score (nSPS) is 10.4. The van der Waals surface area contributed by atoms with Gasteiger partial charge in [0.25, 0.3) is 5.91 Å². The number of benzene rings is 2. The third-order valence-electron chi connectivity index (χ3n) is 5.05. The molecule has 2 amide bonds. The second-order valence-corrected chi connectivity index (χ2v) is 7.01. The topological polar surface area (TPSA) is 99.7 Å². The summed E-state index contributed by atoms with van der Waals surface area (Å²) in [7, 11) is 3.00. The molecule has 4 rings (SSSR count). The van der Waals surface area contributed by atoms with Gasteiger partial charge in [-0.3, -0.25) is 14.5 Å². The SMILES string of the molecule is COC(=O)Nc1ccc(-c2cnc3ccc(C(=O)N(C)c4ccc(C#N)cc4)cn23)cc1. The molecule has 0 radical (unpaired) electrons. The monoisotopic (exact) mass is 425 g/mol. The number of pyridine rings is 1. The van der Waals surface area contributed by atoms with E-state index in [1.54, 1.807) is 68.0 Å². The van der Waals surface area contributed by atoms with Crippen LogP contribution in [0.25, 0.3) is 16.9 Å². The molecular formula is C24H19N5O3. The first-order valence-electron chi connectivity index (χ1n) is 9.71. The molecule has 2 aromatic heterocycles. The van der Waals surface area contributed by atoms with Crippen molar-refractivity contribution in [2.24, 2.45) is 0 Å². The number of ether oxygens (including phenoxy) is 1. The Morgan fingerprint density at radius 2 is 1.78 bits per heavy atom. The minimum atomic E-state index is -0.540. The quantitative estimate of drug-likeness (QED) is 0.525. The molecule has 0 saturated heterocycles. The summed E-state index contributed by atoms with van der Waals surface area (Å²) in [4.78, 5) is 30.4. The predicted octanol–water partition coefficient (Wildman–Crippen LogP) is 4.33. The molecule has 0 bridgehead atoms. The molecule has 0 aliphatic rings. The van der Waals surface area contributed by atoms with Crippen LogP contribution < -0.4 is 10.2 Å². The van der Waals surface area contributed by atoms with Gasteiger partial charge in [-0.05, 0) is 48.5 Å². The number of methoxy groups -OCH3 is 1. The number of rotatable bonds is 4. The number of amides is 2. The fourth-order valence-corrected chi connectivity index (χ4v) is 3.28. The summed E-state index contributed by atoms with van der Waals surface area (Å²) in [6.45, 7) is 0. The highest BCUT2D eigenvalue weighted by Gasteiger charge is 2.16. The smallest absolute Gasteiger partial charge is 0.411 e. The predicted molar refractivity (Wildman–Crippen MR) is 121 cm³/mol. The Morgan fingerprint density at radius 3 is 2.44 bits per heavy atom. The van der Waals surface area contributed by atoms with Crippen LogP contribution in [0.5, 0.6) is 0 Å². The summed E-state index contributed by atoms with van der Waals surface area (Å²) in [5.74, 6) is -0.186. The lowest BCUT2D eigenvalue weighted by Crippen LogP contribution is -2.26. The molecule has 2 aromatic carbocycles. The van der Waals surface area contributed by atoms with Gasteiger partial charge in [-0.2, -0.15) is 5.26 Å². The van der Waals surface area contributed by atoms with Crippen LogP contribution in [0.4, 0.5) is 16.2 Å². The van der Waals surface area contributed by atoms with Gasteiger partial charge in [-0.1, -0.05) is 12.1 Å². The van der Waals surface area contributed by atoms with E-state index in [0.29, 0.717) is 28.1 Å². The van der Waals surface area contributed by atoms with Crippen molar-refractivity contribution in [3.63, 3.8) is 0 Å².